The fourth-order valence-corrected chi connectivity index (χ4v) is 9.85. The largest absolute Gasteiger partial charge is 0.435 e. The van der Waals surface area contributed by atoms with Gasteiger partial charge in [-0.25, -0.2) is 4.67 Å². The lowest BCUT2D eigenvalue weighted by Gasteiger charge is -2.46. The molecule has 2 heterocycles. The molecule has 0 radical (unpaired) electrons. The van der Waals surface area contributed by atoms with E-state index in [-0.39, 0.29) is 0 Å². The van der Waals surface area contributed by atoms with Gasteiger partial charge in [0.25, 0.3) is 0 Å². The Hall–Kier alpha value is -0.630. The Bertz CT molecular complexity index is 818. The maximum Gasteiger partial charge on any atom is 0.321 e. The van der Waals surface area contributed by atoms with Gasteiger partial charge in [0.1, 0.15) is 5.75 Å². The molecule has 5 aliphatic rings. The van der Waals surface area contributed by atoms with E-state index in [9.17, 15) is 0 Å². The van der Waals surface area contributed by atoms with Crippen molar-refractivity contribution in [2.24, 2.45) is 11.8 Å². The SMILES string of the molecule is CC1CCCC(C)N1P1Oc2ccc3c(c2[C@H]2C(CCC4CCCCC42)O1)CCCCC3. The number of hydrogen-bond donors (Lipinski definition) is 0. The average molecular weight is 456 g/mol. The first-order valence-corrected chi connectivity index (χ1v) is 14.9. The number of rotatable bonds is 1. The van der Waals surface area contributed by atoms with Gasteiger partial charge in [0.05, 0.1) is 6.10 Å². The van der Waals surface area contributed by atoms with E-state index in [1.54, 1.807) is 16.7 Å². The van der Waals surface area contributed by atoms with Crippen LogP contribution in [0.5, 0.6) is 5.75 Å². The van der Waals surface area contributed by atoms with Gasteiger partial charge >= 0.3 is 8.53 Å². The normalized spacial score (nSPS) is 40.0. The molecule has 0 spiro atoms. The molecular weight excluding hydrogens is 413 g/mol. The summed E-state index contributed by atoms with van der Waals surface area (Å²) in [5.41, 5.74) is 4.89. The lowest BCUT2D eigenvalue weighted by atomic mass is 9.61. The topological polar surface area (TPSA) is 21.7 Å². The Morgan fingerprint density at radius 2 is 1.62 bits per heavy atom. The molecule has 1 saturated heterocycles. The highest BCUT2D eigenvalue weighted by Crippen LogP contribution is 2.61. The zero-order valence-electron chi connectivity index (χ0n) is 20.2. The molecule has 7 atom stereocenters. The van der Waals surface area contributed by atoms with Crippen molar-refractivity contribution in [2.45, 2.75) is 128 Å². The van der Waals surface area contributed by atoms with Gasteiger partial charge in [-0.15, -0.1) is 0 Å². The summed E-state index contributed by atoms with van der Waals surface area (Å²) in [6.07, 6.45) is 19.0. The molecule has 0 aromatic heterocycles. The van der Waals surface area contributed by atoms with Crippen LogP contribution in [-0.2, 0) is 17.4 Å². The highest BCUT2D eigenvalue weighted by atomic mass is 31.2. The Balaban J connectivity index is 1.45. The van der Waals surface area contributed by atoms with Crippen LogP contribution in [0.2, 0.25) is 0 Å². The maximum absolute atomic E-state index is 7.12. The van der Waals surface area contributed by atoms with E-state index >= 15 is 0 Å². The minimum absolute atomic E-state index is 0.345. The number of benzene rings is 1. The number of nitrogens with zero attached hydrogens (tertiary/aromatic N) is 1. The van der Waals surface area contributed by atoms with Crippen LogP contribution in [0.1, 0.15) is 114 Å². The van der Waals surface area contributed by atoms with Gasteiger partial charge in [0, 0.05) is 23.6 Å². The smallest absolute Gasteiger partial charge is 0.321 e. The molecule has 176 valence electrons. The van der Waals surface area contributed by atoms with Gasteiger partial charge in [0.2, 0.25) is 0 Å². The summed E-state index contributed by atoms with van der Waals surface area (Å²) in [6, 6.07) is 5.87. The zero-order chi connectivity index (χ0) is 21.7. The highest BCUT2D eigenvalue weighted by Gasteiger charge is 2.49. The van der Waals surface area contributed by atoms with Crippen LogP contribution in [0.25, 0.3) is 0 Å². The first-order chi connectivity index (χ1) is 15.7. The van der Waals surface area contributed by atoms with Crippen LogP contribution in [0.15, 0.2) is 12.1 Å². The van der Waals surface area contributed by atoms with Crippen molar-refractivity contribution in [3.05, 3.63) is 28.8 Å². The Kier molecular flexibility index (Phi) is 6.29. The minimum Gasteiger partial charge on any atom is -0.435 e. The standard InChI is InChI=1S/C28H42NO2P/c1-19-9-8-10-20(2)29(19)32-30-25-17-15-21-11-4-3-5-13-23(21)27(25)28-24-14-7-6-12-22(24)16-18-26(28)31-32/h15,17,19-20,22,24,26,28H,3-14,16,18H2,1-2H3/t19?,20?,22?,24?,26?,28-,32?/m1/s1. The summed E-state index contributed by atoms with van der Waals surface area (Å²) in [5.74, 6) is 3.45. The van der Waals surface area contributed by atoms with Crippen LogP contribution >= 0.6 is 8.53 Å². The van der Waals surface area contributed by atoms with E-state index in [4.69, 9.17) is 9.05 Å². The second-order valence-electron chi connectivity index (χ2n) is 11.5. The Labute approximate surface area is 196 Å². The summed E-state index contributed by atoms with van der Waals surface area (Å²) in [6.45, 7) is 4.78. The van der Waals surface area contributed by atoms with Gasteiger partial charge in [-0.3, -0.25) is 0 Å². The molecule has 0 amide bonds. The van der Waals surface area contributed by atoms with Crippen LogP contribution in [0.4, 0.5) is 0 Å². The predicted molar refractivity (Wildman–Crippen MR) is 132 cm³/mol. The molecule has 2 saturated carbocycles. The van der Waals surface area contributed by atoms with E-state index in [2.05, 4.69) is 30.7 Å². The fourth-order valence-electron chi connectivity index (χ4n) is 7.93. The van der Waals surface area contributed by atoms with Crippen molar-refractivity contribution in [1.29, 1.82) is 0 Å². The molecular formula is C28H42NO2P. The van der Waals surface area contributed by atoms with Crippen LogP contribution in [0, 0.1) is 11.8 Å². The number of fused-ring (bicyclic) bond motifs is 7. The quantitative estimate of drug-likeness (QED) is 0.317. The second-order valence-corrected chi connectivity index (χ2v) is 12.8. The van der Waals surface area contributed by atoms with Crippen molar-refractivity contribution in [3.63, 3.8) is 0 Å². The Morgan fingerprint density at radius 3 is 2.50 bits per heavy atom. The molecule has 6 unspecified atom stereocenters. The van der Waals surface area contributed by atoms with Gasteiger partial charge < -0.3 is 9.05 Å². The molecule has 3 fully saturated rings. The summed E-state index contributed by atoms with van der Waals surface area (Å²) in [5, 5.41) is 0. The molecule has 0 bridgehead atoms. The van der Waals surface area contributed by atoms with E-state index in [1.807, 2.05) is 0 Å². The third-order valence-electron chi connectivity index (χ3n) is 9.51. The third-order valence-corrected chi connectivity index (χ3v) is 11.5. The molecule has 3 aliphatic carbocycles. The number of aryl methyl sites for hydroxylation is 1. The molecule has 0 N–H and O–H groups in total. The maximum atomic E-state index is 7.12. The lowest BCUT2D eigenvalue weighted by molar-refractivity contribution is 0.0339. The molecule has 4 heteroatoms. The molecule has 1 aromatic rings. The molecule has 1 aromatic carbocycles. The van der Waals surface area contributed by atoms with Gasteiger partial charge in [-0.2, -0.15) is 0 Å². The molecule has 32 heavy (non-hydrogen) atoms. The van der Waals surface area contributed by atoms with Gasteiger partial charge in [0.15, 0.2) is 0 Å². The predicted octanol–water partition coefficient (Wildman–Crippen LogP) is 7.91. The van der Waals surface area contributed by atoms with E-state index in [1.165, 1.54) is 95.6 Å². The van der Waals surface area contributed by atoms with Gasteiger partial charge in [-0.05, 0) is 101 Å². The van der Waals surface area contributed by atoms with E-state index in [0.29, 0.717) is 24.1 Å². The number of hydrogen-bond acceptors (Lipinski definition) is 3. The lowest BCUT2D eigenvalue weighted by Crippen LogP contribution is -2.43. The molecule has 6 rings (SSSR count). The minimum atomic E-state index is -1.04. The first-order valence-electron chi connectivity index (χ1n) is 13.8. The summed E-state index contributed by atoms with van der Waals surface area (Å²) >= 11 is 0. The van der Waals surface area contributed by atoms with Crippen LogP contribution in [0.3, 0.4) is 0 Å². The Morgan fingerprint density at radius 1 is 0.812 bits per heavy atom. The van der Waals surface area contributed by atoms with E-state index in [0.717, 1.165) is 11.8 Å². The number of piperidine rings is 1. The summed E-state index contributed by atoms with van der Waals surface area (Å²) < 4.78 is 16.7. The van der Waals surface area contributed by atoms with Crippen molar-refractivity contribution < 1.29 is 9.05 Å². The van der Waals surface area contributed by atoms with Crippen LogP contribution < -0.4 is 4.52 Å². The van der Waals surface area contributed by atoms with Crippen LogP contribution in [-0.4, -0.2) is 22.9 Å². The van der Waals surface area contributed by atoms with E-state index < -0.39 is 8.53 Å². The monoisotopic (exact) mass is 455 g/mol. The van der Waals surface area contributed by atoms with Crippen molar-refractivity contribution in [1.82, 2.24) is 4.67 Å². The zero-order valence-corrected chi connectivity index (χ0v) is 21.1. The average Bonchev–Trinajstić information content (AvgIpc) is 3.13. The summed E-state index contributed by atoms with van der Waals surface area (Å²) in [7, 11) is -1.04. The first kappa shape index (κ1) is 21.9. The highest BCUT2D eigenvalue weighted by molar-refractivity contribution is 7.45. The fraction of sp³-hybridized carbons (Fsp3) is 0.786. The third kappa shape index (κ3) is 3.85. The van der Waals surface area contributed by atoms with Crippen molar-refractivity contribution in [3.8, 4) is 5.75 Å². The molecule has 2 aliphatic heterocycles. The summed E-state index contributed by atoms with van der Waals surface area (Å²) in [4.78, 5) is 0. The second kappa shape index (κ2) is 9.20. The van der Waals surface area contributed by atoms with Gasteiger partial charge in [-0.1, -0.05) is 38.2 Å². The van der Waals surface area contributed by atoms with Crippen molar-refractivity contribution in [2.75, 3.05) is 0 Å². The van der Waals surface area contributed by atoms with Crippen molar-refractivity contribution >= 4 is 8.53 Å². The molecule has 3 nitrogen and oxygen atoms in total.